The molecule has 1 aromatic carbocycles. The topological polar surface area (TPSA) is 52.7 Å². The van der Waals surface area contributed by atoms with E-state index >= 15 is 0 Å². The van der Waals surface area contributed by atoms with Crippen molar-refractivity contribution < 1.29 is 9.59 Å². The Labute approximate surface area is 185 Å². The first-order chi connectivity index (χ1) is 14.0. The van der Waals surface area contributed by atoms with Crippen molar-refractivity contribution in [1.29, 1.82) is 0 Å². The lowest BCUT2D eigenvalue weighted by molar-refractivity contribution is -0.117. The van der Waals surface area contributed by atoms with Crippen molar-refractivity contribution in [3.05, 3.63) is 46.2 Å². The second-order valence-corrected chi connectivity index (χ2v) is 10.1. The zero-order valence-corrected chi connectivity index (χ0v) is 20.1. The van der Waals surface area contributed by atoms with Gasteiger partial charge in [-0.05, 0) is 54.0 Å². The molecule has 0 bridgehead atoms. The van der Waals surface area contributed by atoms with E-state index in [0.29, 0.717) is 13.0 Å². The Morgan fingerprint density at radius 3 is 2.40 bits per heavy atom. The highest BCUT2D eigenvalue weighted by molar-refractivity contribution is 7.12. The van der Waals surface area contributed by atoms with Crippen molar-refractivity contribution in [2.75, 3.05) is 24.3 Å². The summed E-state index contributed by atoms with van der Waals surface area (Å²) in [5, 5.41) is 4.95. The molecule has 30 heavy (non-hydrogen) atoms. The fourth-order valence-electron chi connectivity index (χ4n) is 3.29. The predicted octanol–water partition coefficient (Wildman–Crippen LogP) is 5.63. The highest BCUT2D eigenvalue weighted by atomic mass is 32.1. The van der Waals surface area contributed by atoms with Gasteiger partial charge in [0.25, 0.3) is 5.91 Å². The summed E-state index contributed by atoms with van der Waals surface area (Å²) in [5.41, 5.74) is 2.74. The van der Waals surface area contributed by atoms with Crippen molar-refractivity contribution >= 4 is 34.5 Å². The minimum atomic E-state index is -0.0724. The number of carbonyl (C=O) groups excluding carboxylic acids is 2. The van der Waals surface area contributed by atoms with Crippen molar-refractivity contribution in [1.82, 2.24) is 4.90 Å². The van der Waals surface area contributed by atoms with Crippen LogP contribution in [0.4, 0.5) is 11.4 Å². The Balaban J connectivity index is 2.33. The molecule has 2 amide bonds. The van der Waals surface area contributed by atoms with Gasteiger partial charge in [-0.1, -0.05) is 33.8 Å². The number of hydrogen-bond donors (Lipinski definition) is 1. The Hall–Kier alpha value is -2.34. The van der Waals surface area contributed by atoms with E-state index in [1.807, 2.05) is 80.4 Å². The number of amides is 2. The van der Waals surface area contributed by atoms with Crippen molar-refractivity contribution in [3.63, 3.8) is 0 Å². The monoisotopic (exact) mass is 429 g/mol. The third-order valence-electron chi connectivity index (χ3n) is 4.99. The molecule has 0 aliphatic rings. The number of rotatable bonds is 8. The molecule has 1 heterocycles. The Morgan fingerprint density at radius 2 is 1.87 bits per heavy atom. The maximum absolute atomic E-state index is 13.2. The number of benzene rings is 1. The van der Waals surface area contributed by atoms with Gasteiger partial charge in [-0.3, -0.25) is 9.59 Å². The molecule has 5 nitrogen and oxygen atoms in total. The van der Waals surface area contributed by atoms with E-state index in [-0.39, 0.29) is 23.3 Å². The van der Waals surface area contributed by atoms with Crippen LogP contribution in [0.2, 0.25) is 0 Å². The van der Waals surface area contributed by atoms with Crippen LogP contribution in [0.5, 0.6) is 0 Å². The molecule has 1 N–H and O–H groups in total. The van der Waals surface area contributed by atoms with E-state index in [0.717, 1.165) is 28.2 Å². The van der Waals surface area contributed by atoms with Crippen LogP contribution in [-0.4, -0.2) is 36.9 Å². The summed E-state index contributed by atoms with van der Waals surface area (Å²) < 4.78 is 0. The first-order valence-electron chi connectivity index (χ1n) is 10.5. The van der Waals surface area contributed by atoms with Gasteiger partial charge in [-0.25, -0.2) is 0 Å². The zero-order chi connectivity index (χ0) is 22.5. The highest BCUT2D eigenvalue weighted by Crippen LogP contribution is 2.28. The Kier molecular flexibility index (Phi) is 8.07. The molecule has 2 aromatic rings. The number of thiophene rings is 1. The number of hydrogen-bond acceptors (Lipinski definition) is 4. The zero-order valence-electron chi connectivity index (χ0n) is 19.3. The molecule has 0 aliphatic heterocycles. The lowest BCUT2D eigenvalue weighted by Crippen LogP contribution is -2.37. The third kappa shape index (κ3) is 6.59. The molecule has 1 atom stereocenters. The van der Waals surface area contributed by atoms with Gasteiger partial charge < -0.3 is 15.1 Å². The van der Waals surface area contributed by atoms with Gasteiger partial charge in [0, 0.05) is 44.5 Å². The first-order valence-corrected chi connectivity index (χ1v) is 11.3. The summed E-state index contributed by atoms with van der Waals surface area (Å²) in [6, 6.07) is 9.81. The van der Waals surface area contributed by atoms with Crippen LogP contribution in [0.1, 0.15) is 62.7 Å². The predicted molar refractivity (Wildman–Crippen MR) is 127 cm³/mol. The van der Waals surface area contributed by atoms with E-state index in [1.54, 1.807) is 0 Å². The van der Waals surface area contributed by atoms with Gasteiger partial charge >= 0.3 is 0 Å². The SMILES string of the molecule is CCC(C)N(Cc1cc(NC(=O)CC(C)(C)C)ccc1N(C)C)C(=O)c1cccs1. The van der Waals surface area contributed by atoms with Crippen LogP contribution in [-0.2, 0) is 11.3 Å². The summed E-state index contributed by atoms with van der Waals surface area (Å²) in [4.78, 5) is 30.3. The Morgan fingerprint density at radius 1 is 1.17 bits per heavy atom. The molecule has 0 saturated carbocycles. The van der Waals surface area contributed by atoms with Crippen LogP contribution < -0.4 is 10.2 Å². The summed E-state index contributed by atoms with van der Waals surface area (Å²) in [7, 11) is 3.98. The minimum Gasteiger partial charge on any atom is -0.377 e. The number of nitrogens with one attached hydrogen (secondary N) is 1. The average Bonchev–Trinajstić information content (AvgIpc) is 3.18. The normalized spacial score (nSPS) is 12.4. The molecule has 1 unspecified atom stereocenters. The van der Waals surface area contributed by atoms with E-state index in [4.69, 9.17) is 0 Å². The maximum Gasteiger partial charge on any atom is 0.264 e. The number of anilines is 2. The summed E-state index contributed by atoms with van der Waals surface area (Å²) in [6.45, 7) is 10.8. The molecule has 0 radical (unpaired) electrons. The van der Waals surface area contributed by atoms with Gasteiger partial charge in [-0.2, -0.15) is 0 Å². The summed E-state index contributed by atoms with van der Waals surface area (Å²) in [5.74, 6) is 0.0470. The fraction of sp³-hybridized carbons (Fsp3) is 0.500. The minimum absolute atomic E-state index is 0.000465. The molecule has 0 saturated heterocycles. The van der Waals surface area contributed by atoms with Crippen molar-refractivity contribution in [3.8, 4) is 0 Å². The second kappa shape index (κ2) is 10.1. The molecule has 164 valence electrons. The van der Waals surface area contributed by atoms with Gasteiger partial charge in [0.1, 0.15) is 0 Å². The molecule has 6 heteroatoms. The molecule has 2 rings (SSSR count). The standard InChI is InChI=1S/C24H35N3O2S/c1-8-17(2)27(23(29)21-10-9-13-30-21)16-18-14-19(11-12-20(18)26(6)7)25-22(28)15-24(3,4)5/h9-14,17H,8,15-16H2,1-7H3,(H,25,28). The molecular formula is C24H35N3O2S. The molecule has 1 aromatic heterocycles. The lowest BCUT2D eigenvalue weighted by atomic mass is 9.92. The number of carbonyl (C=O) groups is 2. The van der Waals surface area contributed by atoms with E-state index < -0.39 is 0 Å². The largest absolute Gasteiger partial charge is 0.377 e. The smallest absolute Gasteiger partial charge is 0.264 e. The van der Waals surface area contributed by atoms with Crippen LogP contribution in [0.3, 0.4) is 0 Å². The Bertz CT molecular complexity index is 854. The van der Waals surface area contributed by atoms with Crippen LogP contribution in [0.25, 0.3) is 0 Å². The van der Waals surface area contributed by atoms with Crippen molar-refractivity contribution in [2.45, 2.75) is 60.0 Å². The average molecular weight is 430 g/mol. The number of nitrogens with zero attached hydrogens (tertiary/aromatic N) is 2. The maximum atomic E-state index is 13.2. The first kappa shape index (κ1) is 23.9. The van der Waals surface area contributed by atoms with Crippen molar-refractivity contribution in [2.24, 2.45) is 5.41 Å². The van der Waals surface area contributed by atoms with Gasteiger partial charge in [0.2, 0.25) is 5.91 Å². The molecule has 0 fully saturated rings. The quantitative estimate of drug-likeness (QED) is 0.592. The second-order valence-electron chi connectivity index (χ2n) is 9.19. The van der Waals surface area contributed by atoms with Crippen LogP contribution in [0, 0.1) is 5.41 Å². The fourth-order valence-corrected chi connectivity index (χ4v) is 3.97. The van der Waals surface area contributed by atoms with Gasteiger partial charge in [0.05, 0.1) is 4.88 Å². The summed E-state index contributed by atoms with van der Waals surface area (Å²) >= 11 is 1.47. The van der Waals surface area contributed by atoms with Gasteiger partial charge in [-0.15, -0.1) is 11.3 Å². The van der Waals surface area contributed by atoms with E-state index in [2.05, 4.69) is 19.2 Å². The van der Waals surface area contributed by atoms with Gasteiger partial charge in [0.15, 0.2) is 0 Å². The molecule has 0 spiro atoms. The highest BCUT2D eigenvalue weighted by Gasteiger charge is 2.23. The summed E-state index contributed by atoms with van der Waals surface area (Å²) in [6.07, 6.45) is 1.32. The van der Waals surface area contributed by atoms with Crippen LogP contribution in [0.15, 0.2) is 35.7 Å². The van der Waals surface area contributed by atoms with E-state index in [1.165, 1.54) is 11.3 Å². The molecule has 0 aliphatic carbocycles. The third-order valence-corrected chi connectivity index (χ3v) is 5.85. The van der Waals surface area contributed by atoms with Crippen LogP contribution >= 0.6 is 11.3 Å². The van der Waals surface area contributed by atoms with E-state index in [9.17, 15) is 9.59 Å². The lowest BCUT2D eigenvalue weighted by Gasteiger charge is -2.30. The molecular weight excluding hydrogens is 394 g/mol.